The summed E-state index contributed by atoms with van der Waals surface area (Å²) in [4.78, 5) is 23.4. The first-order chi connectivity index (χ1) is 10.3. The second-order valence-electron chi connectivity index (χ2n) is 5.23. The van der Waals surface area contributed by atoms with Gasteiger partial charge in [0.15, 0.2) is 0 Å². The van der Waals surface area contributed by atoms with Gasteiger partial charge in [0.2, 0.25) is 5.91 Å². The molecule has 2 N–H and O–H groups in total. The Morgan fingerprint density at radius 1 is 1.29 bits per heavy atom. The Morgan fingerprint density at radius 3 is 2.81 bits per heavy atom. The number of ether oxygens (including phenoxy) is 1. The number of benzene rings is 1. The van der Waals surface area contributed by atoms with Crippen LogP contribution in [-0.4, -0.2) is 31.5 Å². The molecule has 1 aliphatic rings. The highest BCUT2D eigenvalue weighted by atomic mass is 16.5. The van der Waals surface area contributed by atoms with Gasteiger partial charge in [0.1, 0.15) is 6.61 Å². The molecule has 114 valence electrons. The predicted octanol–water partition coefficient (Wildman–Crippen LogP) is 1.24. The lowest BCUT2D eigenvalue weighted by molar-refractivity contribution is -0.144. The quantitative estimate of drug-likeness (QED) is 0.774. The second kappa shape index (κ2) is 8.42. The van der Waals surface area contributed by atoms with Crippen molar-refractivity contribution in [1.82, 2.24) is 10.6 Å². The van der Waals surface area contributed by atoms with Crippen molar-refractivity contribution in [3.05, 3.63) is 35.9 Å². The molecular formula is C16H22N2O3. The number of nitrogens with one attached hydrogen (secondary N) is 2. The van der Waals surface area contributed by atoms with E-state index in [1.54, 1.807) is 0 Å². The minimum Gasteiger partial charge on any atom is -0.461 e. The topological polar surface area (TPSA) is 67.4 Å². The van der Waals surface area contributed by atoms with Gasteiger partial charge in [-0.3, -0.25) is 9.59 Å². The first-order valence-electron chi connectivity index (χ1n) is 7.43. The first kappa shape index (κ1) is 15.5. The maximum Gasteiger partial charge on any atom is 0.307 e. The SMILES string of the molecule is O=C(CCNC(=O)C1CCCNC1)OCc1ccccc1. The van der Waals surface area contributed by atoms with Crippen molar-refractivity contribution in [3.8, 4) is 0 Å². The molecule has 1 atom stereocenters. The fourth-order valence-electron chi connectivity index (χ4n) is 2.32. The van der Waals surface area contributed by atoms with E-state index in [0.717, 1.165) is 31.5 Å². The summed E-state index contributed by atoms with van der Waals surface area (Å²) in [7, 11) is 0. The fraction of sp³-hybridized carbons (Fsp3) is 0.500. The van der Waals surface area contributed by atoms with Crippen molar-refractivity contribution < 1.29 is 14.3 Å². The lowest BCUT2D eigenvalue weighted by Gasteiger charge is -2.21. The molecule has 2 rings (SSSR count). The Kier molecular flexibility index (Phi) is 6.22. The molecule has 0 spiro atoms. The highest BCUT2D eigenvalue weighted by Gasteiger charge is 2.20. The number of carbonyl (C=O) groups excluding carboxylic acids is 2. The second-order valence-corrected chi connectivity index (χ2v) is 5.23. The average Bonchev–Trinajstić information content (AvgIpc) is 2.54. The van der Waals surface area contributed by atoms with Crippen LogP contribution < -0.4 is 10.6 Å². The van der Waals surface area contributed by atoms with Crippen molar-refractivity contribution in [3.63, 3.8) is 0 Å². The normalized spacial score (nSPS) is 18.0. The van der Waals surface area contributed by atoms with Gasteiger partial charge in [0.05, 0.1) is 12.3 Å². The van der Waals surface area contributed by atoms with Gasteiger partial charge in [-0.1, -0.05) is 30.3 Å². The molecule has 1 aromatic rings. The molecule has 0 aromatic heterocycles. The lowest BCUT2D eigenvalue weighted by atomic mass is 9.99. The molecule has 0 bridgehead atoms. The molecular weight excluding hydrogens is 268 g/mol. The van der Waals surface area contributed by atoms with E-state index in [1.807, 2.05) is 30.3 Å². The van der Waals surface area contributed by atoms with E-state index in [-0.39, 0.29) is 30.8 Å². The number of carbonyl (C=O) groups is 2. The van der Waals surface area contributed by atoms with Crippen LogP contribution in [0.4, 0.5) is 0 Å². The standard InChI is InChI=1S/C16H22N2O3/c19-15(21-12-13-5-2-1-3-6-13)8-10-18-16(20)14-7-4-9-17-11-14/h1-3,5-6,14,17H,4,7-12H2,(H,18,20). The summed E-state index contributed by atoms with van der Waals surface area (Å²) in [6.07, 6.45) is 2.15. The highest BCUT2D eigenvalue weighted by molar-refractivity contribution is 5.79. The summed E-state index contributed by atoms with van der Waals surface area (Å²) in [5, 5.41) is 6.00. The van der Waals surface area contributed by atoms with Gasteiger partial charge in [0.25, 0.3) is 0 Å². The summed E-state index contributed by atoms with van der Waals surface area (Å²) in [6.45, 7) is 2.32. The van der Waals surface area contributed by atoms with Crippen LogP contribution >= 0.6 is 0 Å². The van der Waals surface area contributed by atoms with Crippen molar-refractivity contribution >= 4 is 11.9 Å². The van der Waals surface area contributed by atoms with Crippen LogP contribution in [0.1, 0.15) is 24.8 Å². The zero-order valence-corrected chi connectivity index (χ0v) is 12.1. The third-order valence-electron chi connectivity index (χ3n) is 3.54. The Labute approximate surface area is 125 Å². The number of piperidine rings is 1. The molecule has 5 heteroatoms. The van der Waals surface area contributed by atoms with E-state index in [9.17, 15) is 9.59 Å². The molecule has 1 aliphatic heterocycles. The summed E-state index contributed by atoms with van der Waals surface area (Å²) >= 11 is 0. The van der Waals surface area contributed by atoms with Gasteiger partial charge in [-0.05, 0) is 24.9 Å². The third kappa shape index (κ3) is 5.55. The van der Waals surface area contributed by atoms with E-state index in [1.165, 1.54) is 0 Å². The van der Waals surface area contributed by atoms with Crippen LogP contribution in [0.3, 0.4) is 0 Å². The van der Waals surface area contributed by atoms with Crippen LogP contribution in [-0.2, 0) is 20.9 Å². The maximum atomic E-state index is 11.9. The van der Waals surface area contributed by atoms with E-state index in [0.29, 0.717) is 6.54 Å². The third-order valence-corrected chi connectivity index (χ3v) is 3.54. The van der Waals surface area contributed by atoms with E-state index in [2.05, 4.69) is 10.6 Å². The monoisotopic (exact) mass is 290 g/mol. The predicted molar refractivity (Wildman–Crippen MR) is 79.5 cm³/mol. The van der Waals surface area contributed by atoms with Crippen LogP contribution in [0.25, 0.3) is 0 Å². The van der Waals surface area contributed by atoms with Crippen molar-refractivity contribution in [1.29, 1.82) is 0 Å². The Morgan fingerprint density at radius 2 is 2.10 bits per heavy atom. The molecule has 1 aromatic carbocycles. The van der Waals surface area contributed by atoms with Crippen molar-refractivity contribution in [2.45, 2.75) is 25.9 Å². The van der Waals surface area contributed by atoms with Crippen LogP contribution in [0.5, 0.6) is 0 Å². The number of esters is 1. The zero-order valence-electron chi connectivity index (χ0n) is 12.1. The largest absolute Gasteiger partial charge is 0.461 e. The number of rotatable bonds is 6. The molecule has 1 saturated heterocycles. The number of hydrogen-bond acceptors (Lipinski definition) is 4. The van der Waals surface area contributed by atoms with Gasteiger partial charge in [-0.25, -0.2) is 0 Å². The maximum absolute atomic E-state index is 11.9. The molecule has 21 heavy (non-hydrogen) atoms. The summed E-state index contributed by atoms with van der Waals surface area (Å²) in [6, 6.07) is 9.54. The van der Waals surface area contributed by atoms with E-state index >= 15 is 0 Å². The zero-order chi connectivity index (χ0) is 14.9. The summed E-state index contributed by atoms with van der Waals surface area (Å²) in [5.41, 5.74) is 0.961. The van der Waals surface area contributed by atoms with Gasteiger partial charge >= 0.3 is 5.97 Å². The first-order valence-corrected chi connectivity index (χ1v) is 7.43. The Hall–Kier alpha value is -1.88. The van der Waals surface area contributed by atoms with Gasteiger partial charge in [0, 0.05) is 13.1 Å². The highest BCUT2D eigenvalue weighted by Crippen LogP contribution is 2.09. The minimum absolute atomic E-state index is 0.0260. The minimum atomic E-state index is -0.291. The lowest BCUT2D eigenvalue weighted by Crippen LogP contribution is -2.41. The van der Waals surface area contributed by atoms with Crippen LogP contribution in [0.2, 0.25) is 0 Å². The summed E-state index contributed by atoms with van der Waals surface area (Å²) < 4.78 is 5.15. The van der Waals surface area contributed by atoms with Gasteiger partial charge in [-0.2, -0.15) is 0 Å². The Bertz CT molecular complexity index is 456. The molecule has 1 fully saturated rings. The fourth-order valence-corrected chi connectivity index (χ4v) is 2.32. The molecule has 1 unspecified atom stereocenters. The number of hydrogen-bond donors (Lipinski definition) is 2. The van der Waals surface area contributed by atoms with E-state index in [4.69, 9.17) is 4.74 Å². The smallest absolute Gasteiger partial charge is 0.307 e. The Balaban J connectivity index is 1.59. The number of amides is 1. The van der Waals surface area contributed by atoms with E-state index < -0.39 is 0 Å². The molecule has 1 heterocycles. The van der Waals surface area contributed by atoms with Crippen LogP contribution in [0.15, 0.2) is 30.3 Å². The van der Waals surface area contributed by atoms with Gasteiger partial charge < -0.3 is 15.4 Å². The van der Waals surface area contributed by atoms with Crippen molar-refractivity contribution in [2.75, 3.05) is 19.6 Å². The van der Waals surface area contributed by atoms with Gasteiger partial charge in [-0.15, -0.1) is 0 Å². The molecule has 0 aliphatic carbocycles. The molecule has 1 amide bonds. The molecule has 5 nitrogen and oxygen atoms in total. The van der Waals surface area contributed by atoms with Crippen LogP contribution in [0, 0.1) is 5.92 Å². The summed E-state index contributed by atoms with van der Waals surface area (Å²) in [5.74, 6) is -0.238. The average molecular weight is 290 g/mol. The van der Waals surface area contributed by atoms with Crippen molar-refractivity contribution in [2.24, 2.45) is 5.92 Å². The molecule has 0 radical (unpaired) electrons. The molecule has 0 saturated carbocycles.